The van der Waals surface area contributed by atoms with Gasteiger partial charge in [0.2, 0.25) is 0 Å². The van der Waals surface area contributed by atoms with Crippen LogP contribution in [0.2, 0.25) is 0 Å². The van der Waals surface area contributed by atoms with Crippen LogP contribution in [0.4, 0.5) is 0 Å². The molecule has 2 aromatic rings. The molecule has 0 aliphatic carbocycles. The van der Waals surface area contributed by atoms with Crippen LogP contribution in [0.25, 0.3) is 10.1 Å². The Morgan fingerprint density at radius 2 is 2.30 bits per heavy atom. The minimum Gasteiger partial charge on any atom is -0.497 e. The van der Waals surface area contributed by atoms with Gasteiger partial charge in [0, 0.05) is 11.2 Å². The van der Waals surface area contributed by atoms with Gasteiger partial charge < -0.3 is 15.4 Å². The molecule has 1 aromatic carbocycles. The summed E-state index contributed by atoms with van der Waals surface area (Å²) in [5.74, 6) is 1.42. The van der Waals surface area contributed by atoms with Crippen LogP contribution in [-0.2, 0) is 0 Å². The third kappa shape index (κ3) is 3.97. The van der Waals surface area contributed by atoms with E-state index in [0.29, 0.717) is 5.92 Å². The SMILES string of the molecule is COc1ccc2sc(C(=O)NCC3CCCNC3)c(C)c2c1.Cl. The zero-order valence-electron chi connectivity index (χ0n) is 13.5. The Hall–Kier alpha value is -1.30. The van der Waals surface area contributed by atoms with E-state index in [9.17, 15) is 4.79 Å². The van der Waals surface area contributed by atoms with Crippen LogP contribution >= 0.6 is 23.7 Å². The maximum Gasteiger partial charge on any atom is 0.261 e. The molecule has 126 valence electrons. The molecule has 4 nitrogen and oxygen atoms in total. The highest BCUT2D eigenvalue weighted by molar-refractivity contribution is 7.21. The number of nitrogens with one attached hydrogen (secondary N) is 2. The van der Waals surface area contributed by atoms with Gasteiger partial charge >= 0.3 is 0 Å². The van der Waals surface area contributed by atoms with Gasteiger partial charge in [-0.05, 0) is 67.9 Å². The van der Waals surface area contributed by atoms with E-state index in [1.807, 2.05) is 25.1 Å². The fourth-order valence-corrected chi connectivity index (χ4v) is 4.06. The third-order valence-electron chi connectivity index (χ3n) is 4.30. The van der Waals surface area contributed by atoms with Crippen LogP contribution in [0.5, 0.6) is 5.75 Å². The van der Waals surface area contributed by atoms with Gasteiger partial charge in [0.15, 0.2) is 0 Å². The standard InChI is InChI=1S/C17H22N2O2S.ClH/c1-11-14-8-13(21-2)5-6-15(14)22-16(11)17(20)19-10-12-4-3-7-18-9-12;/h5-6,8,12,18H,3-4,7,9-10H2,1-2H3,(H,19,20);1H. The van der Waals surface area contributed by atoms with Crippen molar-refractivity contribution >= 4 is 39.7 Å². The Bertz CT molecular complexity index is 681. The molecule has 0 bridgehead atoms. The molecule has 1 aromatic heterocycles. The number of hydrogen-bond donors (Lipinski definition) is 2. The fourth-order valence-electron chi connectivity index (χ4n) is 2.96. The van der Waals surface area contributed by atoms with Crippen molar-refractivity contribution in [2.75, 3.05) is 26.7 Å². The third-order valence-corrected chi connectivity index (χ3v) is 5.57. The summed E-state index contributed by atoms with van der Waals surface area (Å²) in [5, 5.41) is 7.59. The summed E-state index contributed by atoms with van der Waals surface area (Å²) in [5.41, 5.74) is 1.04. The highest BCUT2D eigenvalue weighted by Gasteiger charge is 2.18. The Balaban J connectivity index is 0.00000192. The molecule has 1 unspecified atom stereocenters. The van der Waals surface area contributed by atoms with E-state index in [2.05, 4.69) is 10.6 Å². The number of methoxy groups -OCH3 is 1. The number of thiophene rings is 1. The molecule has 1 fully saturated rings. The number of hydrogen-bond acceptors (Lipinski definition) is 4. The second-order valence-electron chi connectivity index (χ2n) is 5.84. The highest BCUT2D eigenvalue weighted by atomic mass is 35.5. The first-order valence-electron chi connectivity index (χ1n) is 7.75. The van der Waals surface area contributed by atoms with Gasteiger partial charge in [-0.1, -0.05) is 0 Å². The summed E-state index contributed by atoms with van der Waals surface area (Å²) in [6.07, 6.45) is 2.39. The van der Waals surface area contributed by atoms with Gasteiger partial charge in [-0.15, -0.1) is 23.7 Å². The maximum absolute atomic E-state index is 12.5. The molecule has 1 amide bonds. The first-order valence-corrected chi connectivity index (χ1v) is 8.56. The van der Waals surface area contributed by atoms with Crippen molar-refractivity contribution in [2.24, 2.45) is 5.92 Å². The monoisotopic (exact) mass is 354 g/mol. The van der Waals surface area contributed by atoms with Crippen LogP contribution < -0.4 is 15.4 Å². The van der Waals surface area contributed by atoms with Crippen LogP contribution in [-0.4, -0.2) is 32.7 Å². The van der Waals surface area contributed by atoms with Crippen molar-refractivity contribution in [3.8, 4) is 5.75 Å². The Morgan fingerprint density at radius 3 is 3.00 bits per heavy atom. The predicted octanol–water partition coefficient (Wildman–Crippen LogP) is 3.37. The summed E-state index contributed by atoms with van der Waals surface area (Å²) in [6, 6.07) is 5.96. The van der Waals surface area contributed by atoms with Gasteiger partial charge in [-0.3, -0.25) is 4.79 Å². The fraction of sp³-hybridized carbons (Fsp3) is 0.471. The normalized spacial score (nSPS) is 17.6. The number of benzene rings is 1. The molecule has 0 saturated carbocycles. The van der Waals surface area contributed by atoms with Gasteiger partial charge in [-0.25, -0.2) is 0 Å². The maximum atomic E-state index is 12.5. The average molecular weight is 355 g/mol. The summed E-state index contributed by atoms with van der Waals surface area (Å²) in [4.78, 5) is 13.3. The number of rotatable bonds is 4. The Labute approximate surface area is 147 Å². The predicted molar refractivity (Wildman–Crippen MR) is 98.3 cm³/mol. The summed E-state index contributed by atoms with van der Waals surface area (Å²) >= 11 is 1.55. The summed E-state index contributed by atoms with van der Waals surface area (Å²) in [6.45, 7) is 4.86. The molecule has 0 spiro atoms. The molecule has 2 heterocycles. The number of aryl methyl sites for hydroxylation is 1. The quantitative estimate of drug-likeness (QED) is 0.885. The minimum absolute atomic E-state index is 0. The van der Waals surface area contributed by atoms with Crippen LogP contribution in [0, 0.1) is 12.8 Å². The van der Waals surface area contributed by atoms with E-state index in [1.165, 1.54) is 12.8 Å². The molecule has 6 heteroatoms. The van der Waals surface area contributed by atoms with E-state index < -0.39 is 0 Å². The molecule has 2 N–H and O–H groups in total. The van der Waals surface area contributed by atoms with Crippen LogP contribution in [0.15, 0.2) is 18.2 Å². The van der Waals surface area contributed by atoms with Gasteiger partial charge in [0.05, 0.1) is 12.0 Å². The number of amides is 1. The molecule has 1 atom stereocenters. The number of carbonyl (C=O) groups excluding carboxylic acids is 1. The lowest BCUT2D eigenvalue weighted by Crippen LogP contribution is -2.38. The minimum atomic E-state index is 0. The zero-order chi connectivity index (χ0) is 15.5. The van der Waals surface area contributed by atoms with Crippen LogP contribution in [0.1, 0.15) is 28.1 Å². The average Bonchev–Trinajstić information content (AvgIpc) is 2.90. The van der Waals surface area contributed by atoms with Gasteiger partial charge in [0.25, 0.3) is 5.91 Å². The van der Waals surface area contributed by atoms with E-state index >= 15 is 0 Å². The number of fused-ring (bicyclic) bond motifs is 1. The van der Waals surface area contributed by atoms with Gasteiger partial charge in [-0.2, -0.15) is 0 Å². The Kier molecular flexibility index (Phi) is 6.27. The largest absolute Gasteiger partial charge is 0.497 e. The van der Waals surface area contributed by atoms with E-state index in [0.717, 1.165) is 45.9 Å². The Morgan fingerprint density at radius 1 is 1.48 bits per heavy atom. The smallest absolute Gasteiger partial charge is 0.261 e. The van der Waals surface area contributed by atoms with Crippen molar-refractivity contribution in [3.63, 3.8) is 0 Å². The van der Waals surface area contributed by atoms with Crippen molar-refractivity contribution in [3.05, 3.63) is 28.6 Å². The number of halogens is 1. The lowest BCUT2D eigenvalue weighted by Gasteiger charge is -2.22. The molecule has 0 radical (unpaired) electrons. The highest BCUT2D eigenvalue weighted by Crippen LogP contribution is 2.33. The first-order chi connectivity index (χ1) is 10.7. The summed E-state index contributed by atoms with van der Waals surface area (Å²) < 4.78 is 6.40. The molecule has 1 saturated heterocycles. The number of carbonyl (C=O) groups is 1. The summed E-state index contributed by atoms with van der Waals surface area (Å²) in [7, 11) is 1.66. The molecular weight excluding hydrogens is 332 g/mol. The molecule has 23 heavy (non-hydrogen) atoms. The van der Waals surface area contributed by atoms with E-state index in [4.69, 9.17) is 4.74 Å². The molecule has 1 aliphatic heterocycles. The second kappa shape index (κ2) is 7.99. The van der Waals surface area contributed by atoms with Crippen molar-refractivity contribution in [1.29, 1.82) is 0 Å². The zero-order valence-corrected chi connectivity index (χ0v) is 15.1. The topological polar surface area (TPSA) is 50.4 Å². The molecule has 1 aliphatic rings. The lowest BCUT2D eigenvalue weighted by molar-refractivity contribution is 0.0948. The van der Waals surface area contributed by atoms with E-state index in [1.54, 1.807) is 18.4 Å². The lowest BCUT2D eigenvalue weighted by atomic mass is 10.00. The van der Waals surface area contributed by atoms with Crippen molar-refractivity contribution in [1.82, 2.24) is 10.6 Å². The number of piperidine rings is 1. The molecule has 3 rings (SSSR count). The number of ether oxygens (including phenoxy) is 1. The van der Waals surface area contributed by atoms with Crippen LogP contribution in [0.3, 0.4) is 0 Å². The molecular formula is C17H23ClN2O2S. The van der Waals surface area contributed by atoms with Crippen molar-refractivity contribution in [2.45, 2.75) is 19.8 Å². The van der Waals surface area contributed by atoms with Gasteiger partial charge in [0.1, 0.15) is 5.75 Å². The second-order valence-corrected chi connectivity index (χ2v) is 6.89. The van der Waals surface area contributed by atoms with Crippen molar-refractivity contribution < 1.29 is 9.53 Å². The first kappa shape index (κ1) is 18.0. The van der Waals surface area contributed by atoms with E-state index in [-0.39, 0.29) is 18.3 Å².